The molecule has 0 bridgehead atoms. The first-order chi connectivity index (χ1) is 12.3. The second-order valence-corrected chi connectivity index (χ2v) is 7.84. The van der Waals surface area contributed by atoms with Crippen LogP contribution < -0.4 is 21.5 Å². The molecule has 0 aromatic heterocycles. The highest BCUT2D eigenvalue weighted by Gasteiger charge is 2.38. The Hall–Kier alpha value is -0.770. The summed E-state index contributed by atoms with van der Waals surface area (Å²) in [5.74, 6) is 0.834. The van der Waals surface area contributed by atoms with Crippen LogP contribution in [0.1, 0.15) is 38.5 Å². The number of hydroxylamine groups is 1. The molecule has 25 heavy (non-hydrogen) atoms. The molecular formula is C17H31N5O3. The predicted molar refractivity (Wildman–Crippen MR) is 92.2 cm³/mol. The van der Waals surface area contributed by atoms with Gasteiger partial charge in [0, 0.05) is 32.6 Å². The van der Waals surface area contributed by atoms with Crippen molar-refractivity contribution >= 4 is 5.91 Å². The highest BCUT2D eigenvalue weighted by molar-refractivity contribution is 5.82. The number of amides is 1. The summed E-state index contributed by atoms with van der Waals surface area (Å²) >= 11 is 0. The van der Waals surface area contributed by atoms with Gasteiger partial charge in [0.25, 0.3) is 0 Å². The van der Waals surface area contributed by atoms with Gasteiger partial charge in [0.05, 0.1) is 18.9 Å². The van der Waals surface area contributed by atoms with Crippen LogP contribution in [-0.4, -0.2) is 68.1 Å². The van der Waals surface area contributed by atoms with E-state index in [4.69, 9.17) is 9.57 Å². The minimum absolute atomic E-state index is 0.0276. The summed E-state index contributed by atoms with van der Waals surface area (Å²) in [6.45, 7) is 4.14. The van der Waals surface area contributed by atoms with Gasteiger partial charge in [-0.05, 0) is 18.8 Å². The Balaban J connectivity index is 1.18. The van der Waals surface area contributed by atoms with Crippen LogP contribution in [0.15, 0.2) is 0 Å². The van der Waals surface area contributed by atoms with E-state index in [1.807, 2.05) is 0 Å². The number of nitrogens with zero attached hydrogens (tertiary/aromatic N) is 1. The average molecular weight is 353 g/mol. The fraction of sp³-hybridized carbons (Fsp3) is 0.941. The molecule has 0 aromatic rings. The molecular weight excluding hydrogens is 322 g/mol. The van der Waals surface area contributed by atoms with Crippen LogP contribution in [-0.2, 0) is 14.4 Å². The molecule has 4 rings (SSSR count). The van der Waals surface area contributed by atoms with E-state index < -0.39 is 0 Å². The molecule has 1 amide bonds. The molecule has 8 nitrogen and oxygen atoms in total. The van der Waals surface area contributed by atoms with E-state index in [1.165, 1.54) is 32.1 Å². The SMILES string of the molecule is O=C(NC1CNN(CC2CCCCC2)C1)C1CC(C2CNCO2)ON1. The monoisotopic (exact) mass is 353 g/mol. The van der Waals surface area contributed by atoms with Crippen LogP contribution in [0.3, 0.4) is 0 Å². The fourth-order valence-corrected chi connectivity index (χ4v) is 4.40. The minimum Gasteiger partial charge on any atom is -0.359 e. The third-order valence-electron chi connectivity index (χ3n) is 5.86. The van der Waals surface area contributed by atoms with Crippen LogP contribution in [0.5, 0.6) is 0 Å². The van der Waals surface area contributed by atoms with Gasteiger partial charge in [-0.2, -0.15) is 5.48 Å². The van der Waals surface area contributed by atoms with E-state index in [-0.39, 0.29) is 30.2 Å². The molecule has 0 aromatic carbocycles. The Bertz CT molecular complexity index is 454. The molecule has 4 fully saturated rings. The Kier molecular flexibility index (Phi) is 5.84. The lowest BCUT2D eigenvalue weighted by Crippen LogP contribution is -2.47. The van der Waals surface area contributed by atoms with E-state index >= 15 is 0 Å². The van der Waals surface area contributed by atoms with Gasteiger partial charge in [0.2, 0.25) is 5.91 Å². The van der Waals surface area contributed by atoms with Crippen molar-refractivity contribution in [3.63, 3.8) is 0 Å². The van der Waals surface area contributed by atoms with Crippen molar-refractivity contribution in [1.82, 2.24) is 26.5 Å². The molecule has 3 heterocycles. The van der Waals surface area contributed by atoms with Gasteiger partial charge >= 0.3 is 0 Å². The summed E-state index contributed by atoms with van der Waals surface area (Å²) in [4.78, 5) is 18.1. The van der Waals surface area contributed by atoms with Gasteiger partial charge in [-0.15, -0.1) is 0 Å². The lowest BCUT2D eigenvalue weighted by molar-refractivity contribution is -0.125. The molecule has 8 heteroatoms. The summed E-state index contributed by atoms with van der Waals surface area (Å²) in [7, 11) is 0. The summed E-state index contributed by atoms with van der Waals surface area (Å²) < 4.78 is 5.56. The quantitative estimate of drug-likeness (QED) is 0.529. The number of hydrogen-bond acceptors (Lipinski definition) is 7. The standard InChI is InChI=1S/C17H31N5O3/c23-17(14-6-15(25-21-14)16-8-18-11-24-16)20-13-7-19-22(10-13)9-12-4-2-1-3-5-12/h12-16,18-19,21H,1-11H2,(H,20,23). The zero-order chi connectivity index (χ0) is 17.1. The number of rotatable bonds is 5. The second kappa shape index (κ2) is 8.28. The highest BCUT2D eigenvalue weighted by Crippen LogP contribution is 2.24. The molecule has 4 atom stereocenters. The van der Waals surface area contributed by atoms with Gasteiger partial charge in [-0.3, -0.25) is 20.4 Å². The Labute approximate surface area is 149 Å². The third-order valence-corrected chi connectivity index (χ3v) is 5.86. The maximum Gasteiger partial charge on any atom is 0.239 e. The number of hydrogen-bond donors (Lipinski definition) is 4. The van der Waals surface area contributed by atoms with Crippen molar-refractivity contribution < 1.29 is 14.4 Å². The highest BCUT2D eigenvalue weighted by atomic mass is 16.7. The normalized spacial score (nSPS) is 37.6. The van der Waals surface area contributed by atoms with Gasteiger partial charge < -0.3 is 10.1 Å². The number of hydrazine groups is 1. The van der Waals surface area contributed by atoms with Gasteiger partial charge in [-0.25, -0.2) is 5.01 Å². The summed E-state index contributed by atoms with van der Waals surface area (Å²) in [5, 5.41) is 8.60. The number of carbonyl (C=O) groups is 1. The molecule has 0 radical (unpaired) electrons. The van der Waals surface area contributed by atoms with E-state index in [2.05, 4.69) is 26.5 Å². The first kappa shape index (κ1) is 17.6. The zero-order valence-electron chi connectivity index (χ0n) is 14.8. The van der Waals surface area contributed by atoms with Crippen molar-refractivity contribution in [3.8, 4) is 0 Å². The van der Waals surface area contributed by atoms with E-state index in [1.54, 1.807) is 0 Å². The van der Waals surface area contributed by atoms with Crippen LogP contribution in [0, 0.1) is 5.92 Å². The smallest absolute Gasteiger partial charge is 0.239 e. The Morgan fingerprint density at radius 1 is 1.16 bits per heavy atom. The third kappa shape index (κ3) is 4.50. The average Bonchev–Trinajstić information content (AvgIpc) is 3.37. The molecule has 142 valence electrons. The lowest BCUT2D eigenvalue weighted by atomic mass is 9.89. The van der Waals surface area contributed by atoms with E-state index in [9.17, 15) is 4.79 Å². The zero-order valence-corrected chi connectivity index (χ0v) is 14.8. The summed E-state index contributed by atoms with van der Waals surface area (Å²) in [5.41, 5.74) is 6.32. The largest absolute Gasteiger partial charge is 0.359 e. The van der Waals surface area contributed by atoms with Gasteiger partial charge in [-0.1, -0.05) is 19.3 Å². The topological polar surface area (TPSA) is 86.9 Å². The van der Waals surface area contributed by atoms with Crippen LogP contribution in [0.4, 0.5) is 0 Å². The number of ether oxygens (including phenoxy) is 1. The summed E-state index contributed by atoms with van der Waals surface area (Å²) in [6.07, 6.45) is 7.45. The predicted octanol–water partition coefficient (Wildman–Crippen LogP) is -0.520. The Morgan fingerprint density at radius 3 is 2.84 bits per heavy atom. The molecule has 1 aliphatic carbocycles. The van der Waals surface area contributed by atoms with Crippen LogP contribution >= 0.6 is 0 Å². The first-order valence-corrected chi connectivity index (χ1v) is 9.80. The first-order valence-electron chi connectivity index (χ1n) is 9.80. The maximum atomic E-state index is 12.5. The molecule has 1 saturated carbocycles. The minimum atomic E-state index is -0.290. The van der Waals surface area contributed by atoms with Gasteiger partial charge in [0.1, 0.15) is 12.1 Å². The van der Waals surface area contributed by atoms with Crippen LogP contribution in [0.25, 0.3) is 0 Å². The van der Waals surface area contributed by atoms with E-state index in [0.717, 1.165) is 32.1 Å². The van der Waals surface area contributed by atoms with Crippen LogP contribution in [0.2, 0.25) is 0 Å². The molecule has 3 aliphatic heterocycles. The maximum absolute atomic E-state index is 12.5. The van der Waals surface area contributed by atoms with Crippen molar-refractivity contribution in [2.24, 2.45) is 5.92 Å². The fourth-order valence-electron chi connectivity index (χ4n) is 4.40. The van der Waals surface area contributed by atoms with E-state index in [0.29, 0.717) is 13.2 Å². The lowest BCUT2D eigenvalue weighted by Gasteiger charge is -2.26. The number of carbonyl (C=O) groups excluding carboxylic acids is 1. The van der Waals surface area contributed by atoms with Crippen molar-refractivity contribution in [2.75, 3.05) is 32.9 Å². The molecule has 4 aliphatic rings. The number of nitrogens with one attached hydrogen (secondary N) is 4. The molecule has 3 saturated heterocycles. The second-order valence-electron chi connectivity index (χ2n) is 7.84. The molecule has 0 spiro atoms. The van der Waals surface area contributed by atoms with Crippen molar-refractivity contribution in [2.45, 2.75) is 62.8 Å². The Morgan fingerprint density at radius 2 is 2.04 bits per heavy atom. The van der Waals surface area contributed by atoms with Crippen molar-refractivity contribution in [1.29, 1.82) is 0 Å². The van der Waals surface area contributed by atoms with Crippen molar-refractivity contribution in [3.05, 3.63) is 0 Å². The molecule has 4 N–H and O–H groups in total. The van der Waals surface area contributed by atoms with Gasteiger partial charge in [0.15, 0.2) is 0 Å². The summed E-state index contributed by atoms with van der Waals surface area (Å²) in [6, 6.07) is -0.122. The molecule has 4 unspecified atom stereocenters.